The average molecular weight is 479 g/mol. The molecule has 3 rings (SSSR count). The van der Waals surface area contributed by atoms with Gasteiger partial charge in [0.1, 0.15) is 5.78 Å². The van der Waals surface area contributed by atoms with Crippen molar-refractivity contribution in [3.8, 4) is 0 Å². The van der Waals surface area contributed by atoms with Crippen molar-refractivity contribution in [2.45, 2.75) is 17.7 Å². The maximum absolute atomic E-state index is 12.6. The summed E-state index contributed by atoms with van der Waals surface area (Å²) in [6.07, 6.45) is 0.115. The number of nitrogens with zero attached hydrogens (tertiary/aromatic N) is 1. The van der Waals surface area contributed by atoms with Gasteiger partial charge >= 0.3 is 0 Å². The van der Waals surface area contributed by atoms with Gasteiger partial charge in [0.25, 0.3) is 15.7 Å². The second kappa shape index (κ2) is 9.47. The van der Waals surface area contributed by atoms with Gasteiger partial charge in [-0.15, -0.1) is 0 Å². The molecule has 0 bridgehead atoms. The molecule has 0 saturated carbocycles. The smallest absolute Gasteiger partial charge is 0.269 e. The standard InChI is InChI=1S/C21H16Cl2N2O5S/c22-20-9-6-16(13-21(20)23)24-31(29,30)19-7-4-14(5-8-19)11-18(26)12-15-2-1-3-17(10-15)25(27)28/h1-10,13,24H,11-12H2. The van der Waals surface area contributed by atoms with E-state index in [1.54, 1.807) is 18.2 Å². The zero-order chi connectivity index (χ0) is 22.6. The zero-order valence-corrected chi connectivity index (χ0v) is 18.2. The number of benzene rings is 3. The van der Waals surface area contributed by atoms with E-state index in [2.05, 4.69) is 4.72 Å². The number of hydrogen-bond donors (Lipinski definition) is 1. The van der Waals surface area contributed by atoms with Gasteiger partial charge in [-0.1, -0.05) is 47.5 Å². The van der Waals surface area contributed by atoms with Crippen LogP contribution in [-0.4, -0.2) is 19.1 Å². The monoisotopic (exact) mass is 478 g/mol. The largest absolute Gasteiger partial charge is 0.299 e. The van der Waals surface area contributed by atoms with Crippen LogP contribution < -0.4 is 4.72 Å². The summed E-state index contributed by atoms with van der Waals surface area (Å²) in [5.41, 5.74) is 1.37. The Morgan fingerprint density at radius 3 is 2.23 bits per heavy atom. The Balaban J connectivity index is 1.66. The fourth-order valence-electron chi connectivity index (χ4n) is 2.86. The molecule has 10 heteroatoms. The highest BCUT2D eigenvalue weighted by Crippen LogP contribution is 2.26. The van der Waals surface area contributed by atoms with Crippen LogP contribution in [0.15, 0.2) is 71.6 Å². The van der Waals surface area contributed by atoms with Crippen LogP contribution >= 0.6 is 23.2 Å². The Morgan fingerprint density at radius 2 is 1.58 bits per heavy atom. The number of halogens is 2. The van der Waals surface area contributed by atoms with E-state index < -0.39 is 14.9 Å². The highest BCUT2D eigenvalue weighted by atomic mass is 35.5. The molecule has 0 amide bonds. The summed E-state index contributed by atoms with van der Waals surface area (Å²) >= 11 is 11.7. The molecule has 0 radical (unpaired) electrons. The van der Waals surface area contributed by atoms with Crippen LogP contribution in [0.3, 0.4) is 0 Å². The SMILES string of the molecule is O=C(Cc1ccc(S(=O)(=O)Nc2ccc(Cl)c(Cl)c2)cc1)Cc1cccc([N+](=O)[O-])c1. The van der Waals surface area contributed by atoms with E-state index in [9.17, 15) is 23.3 Å². The second-order valence-electron chi connectivity index (χ2n) is 6.70. The maximum atomic E-state index is 12.6. The van der Waals surface area contributed by atoms with Crippen molar-refractivity contribution < 1.29 is 18.1 Å². The van der Waals surface area contributed by atoms with Gasteiger partial charge in [-0.2, -0.15) is 0 Å². The molecule has 0 aliphatic rings. The molecule has 0 unspecified atom stereocenters. The van der Waals surface area contributed by atoms with Crippen molar-refractivity contribution in [3.63, 3.8) is 0 Å². The Bertz CT molecular complexity index is 1240. The van der Waals surface area contributed by atoms with E-state index >= 15 is 0 Å². The summed E-state index contributed by atoms with van der Waals surface area (Å²) in [6.45, 7) is 0. The number of carbonyl (C=O) groups is 1. The highest BCUT2D eigenvalue weighted by molar-refractivity contribution is 7.92. The van der Waals surface area contributed by atoms with E-state index in [1.165, 1.54) is 48.5 Å². The van der Waals surface area contributed by atoms with Gasteiger partial charge in [0.05, 0.1) is 25.6 Å². The van der Waals surface area contributed by atoms with Crippen molar-refractivity contribution in [2.24, 2.45) is 0 Å². The first kappa shape index (κ1) is 22.7. The molecule has 0 aliphatic carbocycles. The lowest BCUT2D eigenvalue weighted by Gasteiger charge is -2.09. The molecule has 7 nitrogen and oxygen atoms in total. The van der Waals surface area contributed by atoms with Crippen LogP contribution in [0.1, 0.15) is 11.1 Å². The van der Waals surface area contributed by atoms with Gasteiger partial charge in [0.15, 0.2) is 0 Å². The number of Topliss-reactive ketones (excluding diaryl/α,β-unsaturated/α-hetero) is 1. The van der Waals surface area contributed by atoms with Crippen LogP contribution in [0, 0.1) is 10.1 Å². The lowest BCUT2D eigenvalue weighted by Crippen LogP contribution is -2.13. The second-order valence-corrected chi connectivity index (χ2v) is 9.19. The first-order valence-corrected chi connectivity index (χ1v) is 11.2. The number of nitro benzene ring substituents is 1. The Kier molecular flexibility index (Phi) is 6.94. The van der Waals surface area contributed by atoms with Crippen LogP contribution in [0.5, 0.6) is 0 Å². The van der Waals surface area contributed by atoms with Crippen molar-refractivity contribution in [3.05, 3.63) is 98.0 Å². The summed E-state index contributed by atoms with van der Waals surface area (Å²) in [5.74, 6) is -0.148. The van der Waals surface area contributed by atoms with Crippen LogP contribution in [-0.2, 0) is 27.7 Å². The van der Waals surface area contributed by atoms with E-state index in [1.807, 2.05) is 0 Å². The molecule has 160 valence electrons. The van der Waals surface area contributed by atoms with Gasteiger partial charge < -0.3 is 0 Å². The third-order valence-electron chi connectivity index (χ3n) is 4.33. The van der Waals surface area contributed by atoms with E-state index in [0.717, 1.165) is 0 Å². The summed E-state index contributed by atoms with van der Waals surface area (Å²) in [6, 6.07) is 16.2. The Labute approximate surface area is 188 Å². The van der Waals surface area contributed by atoms with Gasteiger partial charge in [-0.3, -0.25) is 19.6 Å². The number of nitro groups is 1. The van der Waals surface area contributed by atoms with Crippen molar-refractivity contribution in [1.82, 2.24) is 0 Å². The number of rotatable bonds is 8. The van der Waals surface area contributed by atoms with E-state index in [4.69, 9.17) is 23.2 Å². The van der Waals surface area contributed by atoms with Gasteiger partial charge in [-0.25, -0.2) is 8.42 Å². The lowest BCUT2D eigenvalue weighted by atomic mass is 10.0. The summed E-state index contributed by atoms with van der Waals surface area (Å²) in [4.78, 5) is 22.7. The van der Waals surface area contributed by atoms with Gasteiger partial charge in [-0.05, 0) is 41.5 Å². The minimum Gasteiger partial charge on any atom is -0.299 e. The fourth-order valence-corrected chi connectivity index (χ4v) is 4.21. The number of ketones is 1. The molecule has 0 fully saturated rings. The predicted octanol–water partition coefficient (Wildman–Crippen LogP) is 5.06. The topological polar surface area (TPSA) is 106 Å². The highest BCUT2D eigenvalue weighted by Gasteiger charge is 2.16. The molecule has 1 N–H and O–H groups in total. The first-order chi connectivity index (χ1) is 14.6. The molecule has 0 aromatic heterocycles. The van der Waals surface area contributed by atoms with Crippen LogP contribution in [0.2, 0.25) is 10.0 Å². The lowest BCUT2D eigenvalue weighted by molar-refractivity contribution is -0.384. The number of carbonyl (C=O) groups excluding carboxylic acids is 1. The molecular formula is C21H16Cl2N2O5S. The molecule has 3 aromatic carbocycles. The minimum atomic E-state index is -3.85. The predicted molar refractivity (Wildman–Crippen MR) is 119 cm³/mol. The third kappa shape index (κ3) is 6.04. The first-order valence-electron chi connectivity index (χ1n) is 8.96. The van der Waals surface area contributed by atoms with Crippen molar-refractivity contribution >= 4 is 50.4 Å². The molecule has 0 aliphatic heterocycles. The number of sulfonamides is 1. The molecule has 31 heavy (non-hydrogen) atoms. The van der Waals surface area contributed by atoms with Gasteiger partial charge in [0, 0.05) is 25.0 Å². The van der Waals surface area contributed by atoms with Crippen molar-refractivity contribution in [1.29, 1.82) is 0 Å². The number of non-ortho nitro benzene ring substituents is 1. The summed E-state index contributed by atoms with van der Waals surface area (Å²) < 4.78 is 27.5. The zero-order valence-electron chi connectivity index (χ0n) is 15.9. The molecule has 0 spiro atoms. The third-order valence-corrected chi connectivity index (χ3v) is 6.47. The number of hydrogen-bond acceptors (Lipinski definition) is 5. The van der Waals surface area contributed by atoms with Crippen LogP contribution in [0.25, 0.3) is 0 Å². The van der Waals surface area contributed by atoms with E-state index in [-0.39, 0.29) is 39.9 Å². The minimum absolute atomic E-state index is 0.0217. The Hall–Kier alpha value is -2.94. The number of anilines is 1. The summed E-state index contributed by atoms with van der Waals surface area (Å²) in [7, 11) is -3.85. The molecule has 0 heterocycles. The average Bonchev–Trinajstić information content (AvgIpc) is 2.71. The molecular weight excluding hydrogens is 463 g/mol. The normalized spacial score (nSPS) is 11.2. The van der Waals surface area contributed by atoms with E-state index in [0.29, 0.717) is 16.1 Å². The number of nitrogens with one attached hydrogen (secondary N) is 1. The fraction of sp³-hybridized carbons (Fsp3) is 0.0952. The molecule has 0 saturated heterocycles. The van der Waals surface area contributed by atoms with Crippen LogP contribution in [0.4, 0.5) is 11.4 Å². The quantitative estimate of drug-likeness (QED) is 0.359. The summed E-state index contributed by atoms with van der Waals surface area (Å²) in [5, 5.41) is 11.4. The van der Waals surface area contributed by atoms with Crippen molar-refractivity contribution in [2.75, 3.05) is 4.72 Å². The van der Waals surface area contributed by atoms with Gasteiger partial charge in [0.2, 0.25) is 0 Å². The maximum Gasteiger partial charge on any atom is 0.269 e. The Morgan fingerprint density at radius 1 is 0.903 bits per heavy atom. The molecule has 3 aromatic rings. The molecule has 0 atom stereocenters.